The first-order valence-corrected chi connectivity index (χ1v) is 10.1. The average Bonchev–Trinajstić information content (AvgIpc) is 2.71. The number of piperazine rings is 1. The lowest BCUT2D eigenvalue weighted by atomic mass is 10.1. The lowest BCUT2D eigenvalue weighted by Crippen LogP contribution is -2.58. The van der Waals surface area contributed by atoms with Gasteiger partial charge in [0.15, 0.2) is 6.61 Å². The summed E-state index contributed by atoms with van der Waals surface area (Å²) >= 11 is 0. The Labute approximate surface area is 176 Å². The predicted molar refractivity (Wildman–Crippen MR) is 112 cm³/mol. The molecule has 1 saturated heterocycles. The van der Waals surface area contributed by atoms with E-state index >= 15 is 0 Å². The number of amides is 2. The number of halogens is 1. The van der Waals surface area contributed by atoms with E-state index in [1.807, 2.05) is 11.8 Å². The normalized spacial score (nSPS) is 19.5. The first kappa shape index (κ1) is 21.8. The van der Waals surface area contributed by atoms with Crippen LogP contribution in [0.25, 0.3) is 0 Å². The molecule has 1 heterocycles. The molecule has 6 nitrogen and oxygen atoms in total. The highest BCUT2D eigenvalue weighted by atomic mass is 19.1. The Hall–Kier alpha value is -2.93. The molecule has 2 aromatic carbocycles. The molecule has 0 unspecified atom stereocenters. The fraction of sp³-hybridized carbons (Fsp3) is 0.391. The zero-order valence-corrected chi connectivity index (χ0v) is 17.4. The van der Waals surface area contributed by atoms with Crippen LogP contribution in [-0.2, 0) is 22.6 Å². The monoisotopic (exact) mass is 413 g/mol. The molecule has 30 heavy (non-hydrogen) atoms. The molecule has 0 aromatic heterocycles. The van der Waals surface area contributed by atoms with Crippen LogP contribution in [0.2, 0.25) is 0 Å². The van der Waals surface area contributed by atoms with Gasteiger partial charge in [-0.25, -0.2) is 4.39 Å². The van der Waals surface area contributed by atoms with Gasteiger partial charge >= 0.3 is 0 Å². The molecule has 0 spiro atoms. The third-order valence-electron chi connectivity index (χ3n) is 5.40. The fourth-order valence-electron chi connectivity index (χ4n) is 3.72. The lowest BCUT2D eigenvalue weighted by Gasteiger charge is -2.44. The van der Waals surface area contributed by atoms with E-state index < -0.39 is 0 Å². The second kappa shape index (κ2) is 9.71. The Morgan fingerprint density at radius 3 is 2.27 bits per heavy atom. The van der Waals surface area contributed by atoms with Crippen LogP contribution in [0.1, 0.15) is 25.0 Å². The van der Waals surface area contributed by atoms with Crippen molar-refractivity contribution in [3.63, 3.8) is 0 Å². The van der Waals surface area contributed by atoms with Crippen molar-refractivity contribution in [3.05, 3.63) is 65.5 Å². The van der Waals surface area contributed by atoms with Gasteiger partial charge in [0.05, 0.1) is 6.42 Å². The number of nitrogens with two attached hydrogens (primary N) is 1. The summed E-state index contributed by atoms with van der Waals surface area (Å²) in [6.07, 6.45) is 0.177. The van der Waals surface area contributed by atoms with Crippen LogP contribution in [0.3, 0.4) is 0 Å². The van der Waals surface area contributed by atoms with Crippen molar-refractivity contribution in [2.45, 2.75) is 38.9 Å². The Balaban J connectivity index is 1.52. The quantitative estimate of drug-likeness (QED) is 0.756. The van der Waals surface area contributed by atoms with E-state index in [-0.39, 0.29) is 42.7 Å². The first-order chi connectivity index (χ1) is 14.3. The molecule has 7 heteroatoms. The maximum absolute atomic E-state index is 13.1. The van der Waals surface area contributed by atoms with Gasteiger partial charge in [0.1, 0.15) is 11.6 Å². The number of hydrogen-bond acceptors (Lipinski definition) is 4. The molecule has 3 rings (SSSR count). The van der Waals surface area contributed by atoms with E-state index in [1.165, 1.54) is 12.1 Å². The van der Waals surface area contributed by atoms with Crippen LogP contribution in [-0.4, -0.2) is 53.4 Å². The molecule has 2 N–H and O–H groups in total. The molecule has 0 radical (unpaired) electrons. The standard InChI is InChI=1S/C23H28FN3O3/c1-16-13-27(17(2)12-26(16)14-19-3-7-20(24)8-4-19)23(29)15-30-21-9-5-18(6-10-21)11-22(25)28/h3-10,16-17H,11-15H2,1-2H3,(H2,25,28)/t16-,17+/m0/s1. The van der Waals surface area contributed by atoms with Crippen molar-refractivity contribution in [2.24, 2.45) is 5.73 Å². The van der Waals surface area contributed by atoms with E-state index in [4.69, 9.17) is 10.5 Å². The number of carbonyl (C=O) groups excluding carboxylic acids is 2. The minimum atomic E-state index is -0.388. The number of carbonyl (C=O) groups is 2. The Morgan fingerprint density at radius 1 is 1.00 bits per heavy atom. The maximum Gasteiger partial charge on any atom is 0.260 e. The summed E-state index contributed by atoms with van der Waals surface area (Å²) in [5, 5.41) is 0. The second-order valence-electron chi connectivity index (χ2n) is 7.88. The summed E-state index contributed by atoms with van der Waals surface area (Å²) in [7, 11) is 0. The van der Waals surface area contributed by atoms with Gasteiger partial charge in [-0.3, -0.25) is 14.5 Å². The van der Waals surface area contributed by atoms with E-state index in [9.17, 15) is 14.0 Å². The average molecular weight is 413 g/mol. The van der Waals surface area contributed by atoms with Gasteiger partial charge in [-0.2, -0.15) is 0 Å². The van der Waals surface area contributed by atoms with Crippen molar-refractivity contribution in [1.82, 2.24) is 9.80 Å². The molecular weight excluding hydrogens is 385 g/mol. The van der Waals surface area contributed by atoms with Crippen molar-refractivity contribution in [3.8, 4) is 5.75 Å². The predicted octanol–water partition coefficient (Wildman–Crippen LogP) is 2.35. The fourth-order valence-corrected chi connectivity index (χ4v) is 3.72. The minimum absolute atomic E-state index is 0.0375. The molecule has 1 aliphatic heterocycles. The number of nitrogens with zero attached hydrogens (tertiary/aromatic N) is 2. The van der Waals surface area contributed by atoms with Gasteiger partial charge in [0.2, 0.25) is 5.91 Å². The molecule has 2 amide bonds. The zero-order chi connectivity index (χ0) is 21.7. The molecule has 0 saturated carbocycles. The zero-order valence-electron chi connectivity index (χ0n) is 17.4. The van der Waals surface area contributed by atoms with Gasteiger partial charge in [-0.05, 0) is 49.2 Å². The summed E-state index contributed by atoms with van der Waals surface area (Å²) in [6, 6.07) is 13.8. The van der Waals surface area contributed by atoms with Crippen molar-refractivity contribution in [1.29, 1.82) is 0 Å². The largest absolute Gasteiger partial charge is 0.484 e. The molecule has 2 atom stereocenters. The molecule has 0 aliphatic carbocycles. The SMILES string of the molecule is C[C@@H]1CN(Cc2ccc(F)cc2)[C@@H](C)CN1C(=O)COc1ccc(CC(N)=O)cc1. The van der Waals surface area contributed by atoms with Gasteiger partial charge in [-0.1, -0.05) is 24.3 Å². The number of ether oxygens (including phenoxy) is 1. The third-order valence-corrected chi connectivity index (χ3v) is 5.40. The second-order valence-corrected chi connectivity index (χ2v) is 7.88. The van der Waals surface area contributed by atoms with Gasteiger partial charge in [0, 0.05) is 31.7 Å². The topological polar surface area (TPSA) is 75.9 Å². The summed E-state index contributed by atoms with van der Waals surface area (Å²) < 4.78 is 18.8. The summed E-state index contributed by atoms with van der Waals surface area (Å²) in [4.78, 5) is 27.8. The van der Waals surface area contributed by atoms with Crippen LogP contribution >= 0.6 is 0 Å². The maximum atomic E-state index is 13.1. The van der Waals surface area contributed by atoms with Crippen LogP contribution in [0.5, 0.6) is 5.75 Å². The van der Waals surface area contributed by atoms with Crippen LogP contribution in [0, 0.1) is 5.82 Å². The third kappa shape index (κ3) is 5.79. The van der Waals surface area contributed by atoms with E-state index in [0.29, 0.717) is 12.3 Å². The molecular formula is C23H28FN3O3. The Bertz CT molecular complexity index is 870. The number of rotatable bonds is 7. The highest BCUT2D eigenvalue weighted by Crippen LogP contribution is 2.19. The van der Waals surface area contributed by atoms with Crippen LogP contribution in [0.15, 0.2) is 48.5 Å². The van der Waals surface area contributed by atoms with E-state index in [2.05, 4.69) is 11.8 Å². The Morgan fingerprint density at radius 2 is 1.63 bits per heavy atom. The lowest BCUT2D eigenvalue weighted by molar-refractivity contribution is -0.139. The van der Waals surface area contributed by atoms with Crippen LogP contribution < -0.4 is 10.5 Å². The minimum Gasteiger partial charge on any atom is -0.484 e. The van der Waals surface area contributed by atoms with Gasteiger partial charge < -0.3 is 15.4 Å². The van der Waals surface area contributed by atoms with Gasteiger partial charge in [-0.15, -0.1) is 0 Å². The van der Waals surface area contributed by atoms with Crippen molar-refractivity contribution >= 4 is 11.8 Å². The molecule has 0 bridgehead atoms. The first-order valence-electron chi connectivity index (χ1n) is 10.1. The Kier molecular flexibility index (Phi) is 7.05. The highest BCUT2D eigenvalue weighted by Gasteiger charge is 2.32. The van der Waals surface area contributed by atoms with E-state index in [0.717, 1.165) is 24.2 Å². The smallest absolute Gasteiger partial charge is 0.260 e. The molecule has 2 aromatic rings. The van der Waals surface area contributed by atoms with Gasteiger partial charge in [0.25, 0.3) is 5.91 Å². The summed E-state index contributed by atoms with van der Waals surface area (Å²) in [5.74, 6) is -0.108. The number of hydrogen-bond donors (Lipinski definition) is 1. The van der Waals surface area contributed by atoms with Crippen molar-refractivity contribution < 1.29 is 18.7 Å². The number of benzene rings is 2. The van der Waals surface area contributed by atoms with Crippen LogP contribution in [0.4, 0.5) is 4.39 Å². The van der Waals surface area contributed by atoms with E-state index in [1.54, 1.807) is 36.4 Å². The summed E-state index contributed by atoms with van der Waals surface area (Å²) in [6.45, 7) is 6.16. The molecule has 1 fully saturated rings. The molecule has 160 valence electrons. The number of primary amides is 1. The summed E-state index contributed by atoms with van der Waals surface area (Å²) in [5.41, 5.74) is 7.05. The van der Waals surface area contributed by atoms with Crippen molar-refractivity contribution in [2.75, 3.05) is 19.7 Å². The highest BCUT2D eigenvalue weighted by molar-refractivity contribution is 5.78. The molecule has 1 aliphatic rings.